The Labute approximate surface area is 349 Å². The Bertz CT molecular complexity index is 998. The highest BCUT2D eigenvalue weighted by Crippen LogP contribution is 2.18. The highest BCUT2D eigenvalue weighted by atomic mass is 16.7. The van der Waals surface area contributed by atoms with E-state index in [-0.39, 0.29) is 50.2 Å². The number of carbonyl (C=O) groups excluding carboxylic acids is 3. The molecule has 9 nitrogen and oxygen atoms in total. The Balaban J connectivity index is 2.48. The molecule has 0 bridgehead atoms. The number of likely N-dealkylation sites (tertiary alicyclic amines) is 1. The topological polar surface area (TPSA) is 101 Å². The van der Waals surface area contributed by atoms with Gasteiger partial charge in [-0.15, -0.1) is 0 Å². The molecule has 1 unspecified atom stereocenters. The van der Waals surface area contributed by atoms with Crippen molar-refractivity contribution in [3.8, 4) is 0 Å². The van der Waals surface area contributed by atoms with Crippen LogP contribution in [0, 0.1) is 5.92 Å². The molecule has 0 amide bonds. The van der Waals surface area contributed by atoms with Crippen molar-refractivity contribution in [3.05, 3.63) is 24.3 Å². The van der Waals surface area contributed by atoms with Crippen LogP contribution >= 0.6 is 0 Å². The van der Waals surface area contributed by atoms with Gasteiger partial charge >= 0.3 is 17.9 Å². The van der Waals surface area contributed by atoms with Crippen LogP contribution in [0.25, 0.3) is 0 Å². The number of nitrogens with zero attached hydrogens (tertiary/aromatic N) is 1. The molecule has 1 fully saturated rings. The molecule has 57 heavy (non-hydrogen) atoms. The summed E-state index contributed by atoms with van der Waals surface area (Å²) in [4.78, 5) is 40.4. The Morgan fingerprint density at radius 1 is 0.579 bits per heavy atom. The molecule has 0 N–H and O–H groups in total. The second kappa shape index (κ2) is 39.2. The summed E-state index contributed by atoms with van der Waals surface area (Å²) in [6.45, 7) is 8.84. The van der Waals surface area contributed by atoms with Gasteiger partial charge in [0.2, 0.25) is 0 Å². The lowest BCUT2D eigenvalue weighted by atomic mass is 10.1. The van der Waals surface area contributed by atoms with E-state index >= 15 is 0 Å². The average Bonchev–Trinajstić information content (AvgIpc) is 3.65. The van der Waals surface area contributed by atoms with Gasteiger partial charge in [0.25, 0.3) is 0 Å². The van der Waals surface area contributed by atoms with E-state index in [0.29, 0.717) is 26.1 Å². The number of ether oxygens (including phenoxy) is 5. The van der Waals surface area contributed by atoms with Gasteiger partial charge in [0.05, 0.1) is 12.3 Å². The molecule has 332 valence electrons. The molecule has 1 aliphatic heterocycles. The van der Waals surface area contributed by atoms with Crippen LogP contribution in [0.15, 0.2) is 24.3 Å². The van der Waals surface area contributed by atoms with Gasteiger partial charge in [-0.1, -0.05) is 141 Å². The molecule has 0 aromatic carbocycles. The minimum Gasteiger partial charge on any atom is -0.465 e. The van der Waals surface area contributed by atoms with Crippen molar-refractivity contribution in [2.75, 3.05) is 46.6 Å². The molecule has 0 aliphatic carbocycles. The third-order valence-electron chi connectivity index (χ3n) is 10.7. The van der Waals surface area contributed by atoms with Gasteiger partial charge in [-0.05, 0) is 77.8 Å². The van der Waals surface area contributed by atoms with Gasteiger partial charge in [-0.2, -0.15) is 0 Å². The van der Waals surface area contributed by atoms with Gasteiger partial charge < -0.3 is 23.7 Å². The zero-order valence-corrected chi connectivity index (χ0v) is 37.3. The summed E-state index contributed by atoms with van der Waals surface area (Å²) < 4.78 is 29.1. The van der Waals surface area contributed by atoms with Crippen LogP contribution in [0.2, 0.25) is 0 Å². The zero-order valence-electron chi connectivity index (χ0n) is 37.3. The summed E-state index contributed by atoms with van der Waals surface area (Å²) in [5, 5.41) is 0. The molecule has 2 atom stereocenters. The second-order valence-electron chi connectivity index (χ2n) is 16.2. The summed E-state index contributed by atoms with van der Waals surface area (Å²) in [5.74, 6) is -1.36. The number of hydrogen-bond donors (Lipinski definition) is 0. The first-order valence-corrected chi connectivity index (χ1v) is 23.6. The zero-order chi connectivity index (χ0) is 41.4. The van der Waals surface area contributed by atoms with Crippen LogP contribution in [0.4, 0.5) is 0 Å². The number of hydrogen-bond acceptors (Lipinski definition) is 9. The minimum absolute atomic E-state index is 0.00545. The molecule has 1 rings (SSSR count). The van der Waals surface area contributed by atoms with Crippen LogP contribution in [0.5, 0.6) is 0 Å². The minimum atomic E-state index is -0.445. The quantitative estimate of drug-likeness (QED) is 0.0197. The first kappa shape index (κ1) is 52.8. The second-order valence-corrected chi connectivity index (χ2v) is 16.2. The van der Waals surface area contributed by atoms with E-state index in [0.717, 1.165) is 90.0 Å². The summed E-state index contributed by atoms with van der Waals surface area (Å²) in [6.07, 6.45) is 37.8. The fourth-order valence-corrected chi connectivity index (χ4v) is 6.94. The van der Waals surface area contributed by atoms with Crippen LogP contribution in [-0.2, 0) is 38.1 Å². The Morgan fingerprint density at radius 3 is 1.61 bits per heavy atom. The predicted octanol–water partition coefficient (Wildman–Crippen LogP) is 12.0. The van der Waals surface area contributed by atoms with Gasteiger partial charge in [0, 0.05) is 26.1 Å². The van der Waals surface area contributed by atoms with Crippen molar-refractivity contribution >= 4 is 17.9 Å². The van der Waals surface area contributed by atoms with E-state index < -0.39 is 12.2 Å². The maximum absolute atomic E-state index is 12.9. The van der Waals surface area contributed by atoms with Crippen molar-refractivity contribution in [2.24, 2.45) is 5.92 Å². The van der Waals surface area contributed by atoms with Crippen LogP contribution in [0.3, 0.4) is 0 Å². The molecule has 1 saturated heterocycles. The number of likely N-dealkylation sites (N-methyl/N-ethyl adjacent to an activating group) is 1. The third-order valence-corrected chi connectivity index (χ3v) is 10.7. The fraction of sp³-hybridized carbons (Fsp3) is 0.854. The number of allylic oxidation sites excluding steroid dienone is 4. The summed E-state index contributed by atoms with van der Waals surface area (Å²) >= 11 is 0. The third kappa shape index (κ3) is 32.3. The predicted molar refractivity (Wildman–Crippen MR) is 233 cm³/mol. The molecule has 9 heteroatoms. The van der Waals surface area contributed by atoms with Crippen LogP contribution < -0.4 is 0 Å². The van der Waals surface area contributed by atoms with Gasteiger partial charge in [0.15, 0.2) is 6.29 Å². The number of carbonyl (C=O) groups is 3. The number of rotatable bonds is 40. The maximum Gasteiger partial charge on any atom is 0.323 e. The standard InChI is InChI=1S/C48H87NO8/c1-5-8-11-14-17-18-19-20-21-22-23-24-25-26-29-34-45(50)55-40-43(42-57-48(52)44-33-32-37-49(44)4)41-56-46(51)35-36-47(53-38-30-27-15-12-9-6-2)54-39-31-28-16-13-10-7-3/h17-18,20-21,43-44,47H,5-16,19,22-42H2,1-4H3/t43-,44?/m0/s1. The molecule has 0 spiro atoms. The molecule has 0 aromatic heterocycles. The average molecular weight is 806 g/mol. The van der Waals surface area contributed by atoms with Gasteiger partial charge in [-0.3, -0.25) is 19.3 Å². The number of esters is 3. The molecular weight excluding hydrogens is 719 g/mol. The summed E-state index contributed by atoms with van der Waals surface area (Å²) in [7, 11) is 1.93. The summed E-state index contributed by atoms with van der Waals surface area (Å²) in [5.41, 5.74) is 0. The van der Waals surface area contributed by atoms with Crippen molar-refractivity contribution < 1.29 is 38.1 Å². The van der Waals surface area contributed by atoms with E-state index in [1.165, 1.54) is 77.0 Å². The lowest BCUT2D eigenvalue weighted by Gasteiger charge is -2.21. The van der Waals surface area contributed by atoms with Crippen LogP contribution in [0.1, 0.15) is 201 Å². The normalized spacial score (nSPS) is 15.3. The molecule has 1 aliphatic rings. The monoisotopic (exact) mass is 806 g/mol. The first-order valence-electron chi connectivity index (χ1n) is 23.6. The van der Waals surface area contributed by atoms with E-state index in [9.17, 15) is 14.4 Å². The lowest BCUT2D eigenvalue weighted by molar-refractivity contribution is -0.162. The van der Waals surface area contributed by atoms with Crippen molar-refractivity contribution in [2.45, 2.75) is 213 Å². The Morgan fingerprint density at radius 2 is 1.05 bits per heavy atom. The first-order chi connectivity index (χ1) is 27.9. The Hall–Kier alpha value is -2.23. The largest absolute Gasteiger partial charge is 0.465 e. The van der Waals surface area contributed by atoms with Crippen LogP contribution in [-0.4, -0.2) is 81.8 Å². The highest BCUT2D eigenvalue weighted by Gasteiger charge is 2.30. The van der Waals surface area contributed by atoms with E-state index in [1.54, 1.807) is 0 Å². The molecule has 0 aromatic rings. The summed E-state index contributed by atoms with van der Waals surface area (Å²) in [6, 6.07) is -0.265. The van der Waals surface area contributed by atoms with Crippen molar-refractivity contribution in [1.29, 1.82) is 0 Å². The Kier molecular flexibility index (Phi) is 36.3. The SMILES string of the molecule is CCCCCC=CCC=CCCCCCCCC(=O)OC[C@@H](COC(=O)CCC(OCCCCCCCC)OCCCCCCCC)COC(=O)C1CCCN1C. The van der Waals surface area contributed by atoms with E-state index in [1.807, 2.05) is 11.9 Å². The molecule has 1 heterocycles. The molecule has 0 saturated carbocycles. The van der Waals surface area contributed by atoms with Gasteiger partial charge in [0.1, 0.15) is 25.9 Å². The lowest BCUT2D eigenvalue weighted by Crippen LogP contribution is -2.36. The van der Waals surface area contributed by atoms with Crippen molar-refractivity contribution in [3.63, 3.8) is 0 Å². The van der Waals surface area contributed by atoms with E-state index in [2.05, 4.69) is 45.1 Å². The fourth-order valence-electron chi connectivity index (χ4n) is 6.94. The molecule has 0 radical (unpaired) electrons. The maximum atomic E-state index is 12.9. The van der Waals surface area contributed by atoms with Gasteiger partial charge in [-0.25, -0.2) is 0 Å². The van der Waals surface area contributed by atoms with E-state index in [4.69, 9.17) is 23.7 Å². The number of unbranched alkanes of at least 4 members (excludes halogenated alkanes) is 18. The smallest absolute Gasteiger partial charge is 0.323 e. The van der Waals surface area contributed by atoms with Crippen molar-refractivity contribution in [1.82, 2.24) is 4.90 Å². The molecular formula is C48H87NO8. The highest BCUT2D eigenvalue weighted by molar-refractivity contribution is 5.76.